The summed E-state index contributed by atoms with van der Waals surface area (Å²) >= 11 is 0. The molecule has 1 unspecified atom stereocenters. The number of aromatic carboxylic acids is 1. The van der Waals surface area contributed by atoms with Crippen LogP contribution in [0.25, 0.3) is 10.8 Å². The van der Waals surface area contributed by atoms with Gasteiger partial charge in [0, 0.05) is 18.1 Å². The van der Waals surface area contributed by atoms with E-state index in [0.717, 1.165) is 11.1 Å². The highest BCUT2D eigenvalue weighted by Gasteiger charge is 2.37. The van der Waals surface area contributed by atoms with Crippen LogP contribution in [0, 0.1) is 0 Å². The quantitative estimate of drug-likeness (QED) is 0.612. The number of aromatic nitrogens is 1. The van der Waals surface area contributed by atoms with Crippen molar-refractivity contribution in [2.24, 2.45) is 0 Å². The average molecular weight is 465 g/mol. The number of rotatable bonds is 4. The monoisotopic (exact) mass is 464 g/mol. The second-order valence-electron chi connectivity index (χ2n) is 9.60. The lowest BCUT2D eigenvalue weighted by atomic mass is 9.91. The number of carboxylic acid groups (broad SMARTS) is 1. The summed E-state index contributed by atoms with van der Waals surface area (Å²) < 4.78 is 6.98. The first-order valence-electron chi connectivity index (χ1n) is 11.1. The highest BCUT2D eigenvalue weighted by atomic mass is 16.6. The lowest BCUT2D eigenvalue weighted by molar-refractivity contribution is -0.0154. The summed E-state index contributed by atoms with van der Waals surface area (Å²) in [4.78, 5) is 38.8. The van der Waals surface area contributed by atoms with Gasteiger partial charge in [0.1, 0.15) is 5.60 Å². The molecule has 4 rings (SSSR count). The van der Waals surface area contributed by atoms with Crippen molar-refractivity contribution < 1.29 is 24.5 Å². The summed E-state index contributed by atoms with van der Waals surface area (Å²) in [6.07, 6.45) is 0.419. The van der Waals surface area contributed by atoms with Crippen molar-refractivity contribution in [3.8, 4) is 0 Å². The molecule has 2 N–H and O–H groups in total. The number of ether oxygens (including phenoxy) is 1. The fraction of sp³-hybridized carbons (Fsp3) is 0.346. The van der Waals surface area contributed by atoms with Crippen LogP contribution < -0.4 is 5.56 Å². The molecule has 3 aromatic rings. The number of carboxylic acids is 1. The number of benzene rings is 2. The van der Waals surface area contributed by atoms with E-state index in [0.29, 0.717) is 23.7 Å². The molecule has 1 aliphatic rings. The van der Waals surface area contributed by atoms with Gasteiger partial charge in [-0.1, -0.05) is 24.3 Å². The molecular weight excluding hydrogens is 436 g/mol. The number of carbonyl (C=O) groups is 2. The van der Waals surface area contributed by atoms with E-state index in [-0.39, 0.29) is 17.7 Å². The molecule has 1 aliphatic heterocycles. The molecule has 0 radical (unpaired) electrons. The summed E-state index contributed by atoms with van der Waals surface area (Å²) in [5.74, 6) is -1.07. The number of pyridine rings is 1. The second-order valence-corrected chi connectivity index (χ2v) is 9.60. The van der Waals surface area contributed by atoms with Gasteiger partial charge in [-0.25, -0.2) is 9.59 Å². The Hall–Kier alpha value is -3.65. The maximum atomic E-state index is 13.0. The van der Waals surface area contributed by atoms with Gasteiger partial charge in [0.25, 0.3) is 5.56 Å². The molecule has 178 valence electrons. The van der Waals surface area contributed by atoms with Crippen LogP contribution in [0.15, 0.2) is 59.5 Å². The molecule has 34 heavy (non-hydrogen) atoms. The first kappa shape index (κ1) is 23.5. The summed E-state index contributed by atoms with van der Waals surface area (Å²) in [5, 5.41) is 21.3. The van der Waals surface area contributed by atoms with Gasteiger partial charge in [0.05, 0.1) is 24.3 Å². The Morgan fingerprint density at radius 3 is 2.50 bits per heavy atom. The zero-order valence-corrected chi connectivity index (χ0v) is 19.4. The van der Waals surface area contributed by atoms with Crippen molar-refractivity contribution in [2.45, 2.75) is 58.0 Å². The normalized spacial score (nSPS) is 16.7. The molecule has 2 heterocycles. The van der Waals surface area contributed by atoms with Crippen molar-refractivity contribution >= 4 is 22.8 Å². The fourth-order valence-electron chi connectivity index (χ4n) is 4.30. The van der Waals surface area contributed by atoms with E-state index in [9.17, 15) is 24.6 Å². The zero-order valence-electron chi connectivity index (χ0n) is 19.4. The molecule has 0 saturated carbocycles. The number of amides is 1. The molecule has 0 bridgehead atoms. The van der Waals surface area contributed by atoms with Gasteiger partial charge < -0.3 is 19.5 Å². The van der Waals surface area contributed by atoms with Gasteiger partial charge in [-0.2, -0.15) is 0 Å². The molecule has 1 amide bonds. The summed E-state index contributed by atoms with van der Waals surface area (Å²) in [6.45, 7) is 5.65. The Morgan fingerprint density at radius 2 is 1.82 bits per heavy atom. The number of nitrogens with zero attached hydrogens (tertiary/aromatic N) is 2. The van der Waals surface area contributed by atoms with Gasteiger partial charge >= 0.3 is 12.1 Å². The molecule has 2 aromatic carbocycles. The zero-order chi connectivity index (χ0) is 24.6. The van der Waals surface area contributed by atoms with Crippen molar-refractivity contribution in [1.82, 2.24) is 9.47 Å². The SMILES string of the molecule is CC(C)(C)OC(=O)N1Cc2ccccc2C[C@H]1C(O)Cn1ccc2cc(C(=O)O)ccc2c1=O. The van der Waals surface area contributed by atoms with E-state index >= 15 is 0 Å². The van der Waals surface area contributed by atoms with Gasteiger partial charge in [-0.15, -0.1) is 0 Å². The van der Waals surface area contributed by atoms with Gasteiger partial charge in [-0.3, -0.25) is 9.69 Å². The minimum Gasteiger partial charge on any atom is -0.478 e. The Bertz CT molecular complexity index is 1310. The summed E-state index contributed by atoms with van der Waals surface area (Å²) in [6, 6.07) is 13.1. The van der Waals surface area contributed by atoms with Gasteiger partial charge in [-0.05, 0) is 68.0 Å². The molecule has 0 spiro atoms. The van der Waals surface area contributed by atoms with E-state index < -0.39 is 29.8 Å². The third kappa shape index (κ3) is 4.82. The summed E-state index contributed by atoms with van der Waals surface area (Å²) in [5.41, 5.74) is 1.10. The van der Waals surface area contributed by atoms with E-state index in [4.69, 9.17) is 4.74 Å². The molecular formula is C26H28N2O6. The number of aliphatic hydroxyl groups is 1. The second kappa shape index (κ2) is 8.95. The molecule has 8 heteroatoms. The maximum absolute atomic E-state index is 13.0. The first-order chi connectivity index (χ1) is 16.0. The smallest absolute Gasteiger partial charge is 0.410 e. The van der Waals surface area contributed by atoms with Crippen LogP contribution in [0.2, 0.25) is 0 Å². The van der Waals surface area contributed by atoms with Crippen LogP contribution in [-0.2, 0) is 24.2 Å². The minimum atomic E-state index is -1.07. The Balaban J connectivity index is 1.64. The van der Waals surface area contributed by atoms with Crippen molar-refractivity contribution in [3.63, 3.8) is 0 Å². The maximum Gasteiger partial charge on any atom is 0.410 e. The Labute approximate surface area is 197 Å². The fourth-order valence-corrected chi connectivity index (χ4v) is 4.30. The number of hydrogen-bond acceptors (Lipinski definition) is 5. The van der Waals surface area contributed by atoms with Crippen LogP contribution in [-0.4, -0.2) is 49.5 Å². The van der Waals surface area contributed by atoms with E-state index in [1.54, 1.807) is 26.8 Å². The number of hydrogen-bond donors (Lipinski definition) is 2. The number of fused-ring (bicyclic) bond motifs is 2. The molecule has 0 fully saturated rings. The average Bonchev–Trinajstić information content (AvgIpc) is 2.78. The van der Waals surface area contributed by atoms with Crippen molar-refractivity contribution in [1.29, 1.82) is 0 Å². The van der Waals surface area contributed by atoms with Gasteiger partial charge in [0.2, 0.25) is 0 Å². The third-order valence-corrected chi connectivity index (χ3v) is 5.97. The number of carbonyl (C=O) groups excluding carboxylic acids is 1. The van der Waals surface area contributed by atoms with E-state index in [2.05, 4.69) is 0 Å². The third-order valence-electron chi connectivity index (χ3n) is 5.97. The number of aliphatic hydroxyl groups excluding tert-OH is 1. The molecule has 1 aromatic heterocycles. The predicted octanol–water partition coefficient (Wildman–Crippen LogP) is 3.42. The van der Waals surface area contributed by atoms with Gasteiger partial charge in [0.15, 0.2) is 0 Å². The lowest BCUT2D eigenvalue weighted by Crippen LogP contribution is -2.53. The van der Waals surface area contributed by atoms with Crippen LogP contribution in [0.4, 0.5) is 4.79 Å². The van der Waals surface area contributed by atoms with Crippen LogP contribution >= 0.6 is 0 Å². The lowest BCUT2D eigenvalue weighted by Gasteiger charge is -2.40. The first-order valence-corrected chi connectivity index (χ1v) is 11.1. The van der Waals surface area contributed by atoms with Crippen LogP contribution in [0.5, 0.6) is 0 Å². The summed E-state index contributed by atoms with van der Waals surface area (Å²) in [7, 11) is 0. The highest BCUT2D eigenvalue weighted by Crippen LogP contribution is 2.27. The molecule has 0 aliphatic carbocycles. The molecule has 8 nitrogen and oxygen atoms in total. The predicted molar refractivity (Wildman–Crippen MR) is 127 cm³/mol. The Kier molecular flexibility index (Phi) is 6.18. The minimum absolute atomic E-state index is 0.0262. The van der Waals surface area contributed by atoms with Crippen molar-refractivity contribution in [2.75, 3.05) is 0 Å². The highest BCUT2D eigenvalue weighted by molar-refractivity contribution is 5.94. The largest absolute Gasteiger partial charge is 0.478 e. The van der Waals surface area contributed by atoms with Crippen molar-refractivity contribution in [3.05, 3.63) is 81.8 Å². The van der Waals surface area contributed by atoms with Crippen LogP contribution in [0.3, 0.4) is 0 Å². The van der Waals surface area contributed by atoms with E-state index in [1.807, 2.05) is 24.3 Å². The van der Waals surface area contributed by atoms with E-state index in [1.165, 1.54) is 33.9 Å². The molecule has 2 atom stereocenters. The van der Waals surface area contributed by atoms with Crippen LogP contribution in [0.1, 0.15) is 42.3 Å². The topological polar surface area (TPSA) is 109 Å². The standard InChI is InChI=1S/C26H28N2O6/c1-26(2,3)34-25(33)28-14-19-7-5-4-6-16(19)13-21(28)22(29)15-27-11-10-17-12-18(24(31)32)8-9-20(17)23(27)30/h4-12,21-22,29H,13-15H2,1-3H3,(H,31,32)/t21-,22?/m0/s1. The molecule has 0 saturated heterocycles. The Morgan fingerprint density at radius 1 is 1.12 bits per heavy atom.